The number of carbonyl (C=O) groups excluding carboxylic acids is 1. The van der Waals surface area contributed by atoms with Gasteiger partial charge in [0.15, 0.2) is 0 Å². The van der Waals surface area contributed by atoms with E-state index in [1.54, 1.807) is 7.05 Å². The van der Waals surface area contributed by atoms with Gasteiger partial charge < -0.3 is 14.7 Å². The van der Waals surface area contributed by atoms with E-state index in [1.165, 1.54) is 24.4 Å². The predicted octanol–water partition coefficient (Wildman–Crippen LogP) is 0.209. The smallest absolute Gasteiger partial charge is 0.273 e. The molecule has 0 bridgehead atoms. The summed E-state index contributed by atoms with van der Waals surface area (Å²) in [5.41, 5.74) is 0.182. The van der Waals surface area contributed by atoms with E-state index in [1.807, 2.05) is 0 Å². The van der Waals surface area contributed by atoms with E-state index in [2.05, 4.69) is 9.97 Å². The molecule has 1 unspecified atom stereocenters. The van der Waals surface area contributed by atoms with E-state index >= 15 is 0 Å². The molecule has 0 aromatic carbocycles. The van der Waals surface area contributed by atoms with Gasteiger partial charge in [-0.25, -0.2) is 9.97 Å². The van der Waals surface area contributed by atoms with Crippen molar-refractivity contribution < 1.29 is 14.6 Å². The molecule has 7 heteroatoms. The third-order valence-electron chi connectivity index (χ3n) is 2.03. The van der Waals surface area contributed by atoms with Crippen LogP contribution in [0, 0.1) is 0 Å². The Labute approximate surface area is 104 Å². The predicted molar refractivity (Wildman–Crippen MR) is 61.9 cm³/mol. The van der Waals surface area contributed by atoms with Crippen LogP contribution in [0.2, 0.25) is 5.15 Å². The summed E-state index contributed by atoms with van der Waals surface area (Å²) in [5.74, 6) is -0.329. The molecule has 1 heterocycles. The van der Waals surface area contributed by atoms with Crippen molar-refractivity contribution in [3.05, 3.63) is 23.2 Å². The lowest BCUT2D eigenvalue weighted by molar-refractivity contribution is 0.0377. The lowest BCUT2D eigenvalue weighted by Gasteiger charge is -2.19. The lowest BCUT2D eigenvalue weighted by atomic mass is 10.3. The fourth-order valence-electron chi connectivity index (χ4n) is 1.26. The highest BCUT2D eigenvalue weighted by Gasteiger charge is 2.16. The Bertz CT molecular complexity index is 372. The molecule has 1 aromatic rings. The fraction of sp³-hybridized carbons (Fsp3) is 0.500. The van der Waals surface area contributed by atoms with Crippen LogP contribution < -0.4 is 0 Å². The van der Waals surface area contributed by atoms with Crippen LogP contribution in [0.3, 0.4) is 0 Å². The largest absolute Gasteiger partial charge is 0.389 e. The number of methoxy groups -OCH3 is 1. The van der Waals surface area contributed by atoms with Gasteiger partial charge in [0.25, 0.3) is 5.91 Å². The van der Waals surface area contributed by atoms with Crippen molar-refractivity contribution in [3.8, 4) is 0 Å². The van der Waals surface area contributed by atoms with Crippen molar-refractivity contribution in [2.24, 2.45) is 0 Å². The van der Waals surface area contributed by atoms with Crippen LogP contribution in [-0.4, -0.2) is 59.3 Å². The summed E-state index contributed by atoms with van der Waals surface area (Å²) in [6.07, 6.45) is 1.87. The number of ether oxygens (including phenoxy) is 1. The molecule has 6 nitrogen and oxygen atoms in total. The van der Waals surface area contributed by atoms with Crippen LogP contribution in [0.15, 0.2) is 12.4 Å². The van der Waals surface area contributed by atoms with Crippen molar-refractivity contribution >= 4 is 17.5 Å². The second kappa shape index (κ2) is 6.48. The van der Waals surface area contributed by atoms with Crippen molar-refractivity contribution in [1.29, 1.82) is 0 Å². The number of hydrogen-bond donors (Lipinski definition) is 1. The summed E-state index contributed by atoms with van der Waals surface area (Å²) in [7, 11) is 3.05. The second-order valence-electron chi connectivity index (χ2n) is 3.52. The Morgan fingerprint density at radius 3 is 2.82 bits per heavy atom. The number of hydrogen-bond acceptors (Lipinski definition) is 5. The van der Waals surface area contributed by atoms with E-state index in [9.17, 15) is 9.90 Å². The van der Waals surface area contributed by atoms with Gasteiger partial charge in [-0.05, 0) is 0 Å². The molecule has 0 radical (unpaired) electrons. The molecular weight excluding hydrogens is 246 g/mol. The molecule has 0 saturated heterocycles. The normalized spacial score (nSPS) is 12.2. The van der Waals surface area contributed by atoms with Gasteiger partial charge in [0.2, 0.25) is 0 Å². The highest BCUT2D eigenvalue weighted by atomic mass is 35.5. The van der Waals surface area contributed by atoms with Crippen molar-refractivity contribution in [3.63, 3.8) is 0 Å². The number of nitrogens with zero attached hydrogens (tertiary/aromatic N) is 3. The van der Waals surface area contributed by atoms with Gasteiger partial charge in [0.05, 0.1) is 25.1 Å². The summed E-state index contributed by atoms with van der Waals surface area (Å²) in [5, 5.41) is 9.71. The maximum absolute atomic E-state index is 11.8. The number of aromatic nitrogens is 2. The van der Waals surface area contributed by atoms with Crippen LogP contribution >= 0.6 is 11.6 Å². The minimum Gasteiger partial charge on any atom is -0.389 e. The Morgan fingerprint density at radius 1 is 1.59 bits per heavy atom. The van der Waals surface area contributed by atoms with E-state index in [0.29, 0.717) is 0 Å². The zero-order valence-electron chi connectivity index (χ0n) is 9.63. The van der Waals surface area contributed by atoms with Crippen LogP contribution in [0.4, 0.5) is 0 Å². The second-order valence-corrected chi connectivity index (χ2v) is 3.91. The summed E-state index contributed by atoms with van der Waals surface area (Å²) < 4.78 is 4.77. The standard InChI is InChI=1S/C10H14ClN3O3/c1-14(5-7(15)6-17-2)10(16)8-3-13-9(11)4-12-8/h3-4,7,15H,5-6H2,1-2H3. The van der Waals surface area contributed by atoms with Crippen LogP contribution in [-0.2, 0) is 4.74 Å². The van der Waals surface area contributed by atoms with Crippen LogP contribution in [0.5, 0.6) is 0 Å². The molecule has 0 aliphatic carbocycles. The maximum atomic E-state index is 11.8. The Kier molecular flexibility index (Phi) is 5.27. The fourth-order valence-corrected chi connectivity index (χ4v) is 1.36. The molecular formula is C10H14ClN3O3. The number of amides is 1. The van der Waals surface area contributed by atoms with Gasteiger partial charge in [-0.3, -0.25) is 4.79 Å². The topological polar surface area (TPSA) is 75.6 Å². The van der Waals surface area contributed by atoms with Crippen molar-refractivity contribution in [1.82, 2.24) is 14.9 Å². The molecule has 1 aromatic heterocycles. The van der Waals surface area contributed by atoms with Crippen LogP contribution in [0.1, 0.15) is 10.5 Å². The molecule has 17 heavy (non-hydrogen) atoms. The molecule has 1 atom stereocenters. The highest BCUT2D eigenvalue weighted by molar-refractivity contribution is 6.29. The van der Waals surface area contributed by atoms with E-state index in [0.717, 1.165) is 0 Å². The van der Waals surface area contributed by atoms with Crippen molar-refractivity contribution in [2.75, 3.05) is 27.3 Å². The number of halogens is 1. The molecule has 1 amide bonds. The van der Waals surface area contributed by atoms with Crippen LogP contribution in [0.25, 0.3) is 0 Å². The van der Waals surface area contributed by atoms with Gasteiger partial charge in [0.1, 0.15) is 10.8 Å². The van der Waals surface area contributed by atoms with Gasteiger partial charge in [-0.1, -0.05) is 11.6 Å². The number of aliphatic hydroxyl groups is 1. The average molecular weight is 260 g/mol. The minimum atomic E-state index is -0.728. The molecule has 0 spiro atoms. The molecule has 0 aliphatic rings. The first-order valence-corrected chi connectivity index (χ1v) is 5.32. The maximum Gasteiger partial charge on any atom is 0.273 e. The average Bonchev–Trinajstić information content (AvgIpc) is 2.29. The molecule has 0 aliphatic heterocycles. The molecule has 1 rings (SSSR count). The quantitative estimate of drug-likeness (QED) is 0.818. The van der Waals surface area contributed by atoms with Gasteiger partial charge in [-0.2, -0.15) is 0 Å². The number of rotatable bonds is 5. The van der Waals surface area contributed by atoms with E-state index in [-0.39, 0.29) is 29.9 Å². The number of likely N-dealkylation sites (N-methyl/N-ethyl adjacent to an activating group) is 1. The molecule has 94 valence electrons. The Morgan fingerprint density at radius 2 is 2.29 bits per heavy atom. The Balaban J connectivity index is 2.60. The van der Waals surface area contributed by atoms with Gasteiger partial charge in [-0.15, -0.1) is 0 Å². The summed E-state index contributed by atoms with van der Waals surface area (Å²) in [6.45, 7) is 0.334. The summed E-state index contributed by atoms with van der Waals surface area (Å²) >= 11 is 5.57. The van der Waals surface area contributed by atoms with Gasteiger partial charge >= 0.3 is 0 Å². The first kappa shape index (κ1) is 13.8. The highest BCUT2D eigenvalue weighted by Crippen LogP contribution is 2.04. The van der Waals surface area contributed by atoms with Crippen molar-refractivity contribution in [2.45, 2.75) is 6.10 Å². The van der Waals surface area contributed by atoms with Gasteiger partial charge in [0, 0.05) is 20.7 Å². The van der Waals surface area contributed by atoms with E-state index < -0.39 is 6.10 Å². The third kappa shape index (κ3) is 4.26. The number of aliphatic hydroxyl groups excluding tert-OH is 1. The molecule has 0 fully saturated rings. The lowest BCUT2D eigenvalue weighted by Crippen LogP contribution is -2.36. The zero-order valence-corrected chi connectivity index (χ0v) is 10.4. The Hall–Kier alpha value is -1.24. The monoisotopic (exact) mass is 259 g/mol. The zero-order chi connectivity index (χ0) is 12.8. The first-order chi connectivity index (χ1) is 8.04. The van der Waals surface area contributed by atoms with E-state index in [4.69, 9.17) is 16.3 Å². The summed E-state index contributed by atoms with van der Waals surface area (Å²) in [4.78, 5) is 20.8. The number of carbonyl (C=O) groups is 1. The summed E-state index contributed by atoms with van der Waals surface area (Å²) in [6, 6.07) is 0. The third-order valence-corrected chi connectivity index (χ3v) is 2.22. The molecule has 1 N–H and O–H groups in total. The SMILES string of the molecule is COCC(O)CN(C)C(=O)c1cnc(Cl)cn1. The first-order valence-electron chi connectivity index (χ1n) is 4.94. The molecule has 0 saturated carbocycles. The minimum absolute atomic E-state index is 0.164.